The number of carbonyl (C=O) groups is 6. The first kappa shape index (κ1) is 31.6. The predicted molar refractivity (Wildman–Crippen MR) is 145 cm³/mol. The number of H-pyrrole nitrogens is 1. The van der Waals surface area contributed by atoms with Crippen LogP contribution in [0.1, 0.15) is 57.2 Å². The van der Waals surface area contributed by atoms with Gasteiger partial charge in [-0.3, -0.25) is 38.8 Å². The lowest BCUT2D eigenvalue weighted by atomic mass is 9.97. The van der Waals surface area contributed by atoms with Crippen molar-refractivity contribution < 1.29 is 39.0 Å². The van der Waals surface area contributed by atoms with Crippen LogP contribution >= 0.6 is 0 Å². The second-order valence-electron chi connectivity index (χ2n) is 9.91. The van der Waals surface area contributed by atoms with Crippen LogP contribution < -0.4 is 20.9 Å². The molecule has 0 aromatic carbocycles. The molecule has 1 aliphatic rings. The van der Waals surface area contributed by atoms with Gasteiger partial charge in [-0.2, -0.15) is 0 Å². The number of hydrogen-bond acceptors (Lipinski definition) is 9. The number of nitrogens with zero attached hydrogens (tertiary/aromatic N) is 4. The molecule has 0 fully saturated rings. The monoisotopic (exact) mass is 586 g/mol. The van der Waals surface area contributed by atoms with Crippen LogP contribution in [0.4, 0.5) is 5.82 Å². The van der Waals surface area contributed by atoms with Crippen LogP contribution in [-0.4, -0.2) is 84.3 Å². The molecule has 0 saturated heterocycles. The second-order valence-corrected chi connectivity index (χ2v) is 9.91. The zero-order valence-corrected chi connectivity index (χ0v) is 23.2. The fourth-order valence-electron chi connectivity index (χ4n) is 4.45. The molecule has 0 radical (unpaired) electrons. The van der Waals surface area contributed by atoms with Crippen molar-refractivity contribution in [1.82, 2.24) is 36.3 Å². The molecule has 4 atom stereocenters. The summed E-state index contributed by atoms with van der Waals surface area (Å²) in [6.07, 6.45) is 2.00. The van der Waals surface area contributed by atoms with Gasteiger partial charge in [0.2, 0.25) is 17.7 Å². The van der Waals surface area contributed by atoms with Crippen molar-refractivity contribution >= 4 is 41.4 Å². The number of pyridine rings is 1. The summed E-state index contributed by atoms with van der Waals surface area (Å²) in [7, 11) is 0. The Labute approximate surface area is 240 Å². The van der Waals surface area contributed by atoms with Crippen LogP contribution in [0.3, 0.4) is 0 Å². The Balaban J connectivity index is 1.85. The number of fused-ring (bicyclic) bond motifs is 1. The van der Waals surface area contributed by atoms with Gasteiger partial charge in [0, 0.05) is 31.7 Å². The van der Waals surface area contributed by atoms with Crippen molar-refractivity contribution in [2.75, 3.05) is 4.90 Å². The van der Waals surface area contributed by atoms with Crippen molar-refractivity contribution in [2.24, 2.45) is 5.92 Å². The summed E-state index contributed by atoms with van der Waals surface area (Å²) in [5.41, 5.74) is 1.07. The van der Waals surface area contributed by atoms with Crippen LogP contribution in [-0.2, 0) is 41.7 Å². The van der Waals surface area contributed by atoms with Crippen molar-refractivity contribution in [3.63, 3.8) is 0 Å². The summed E-state index contributed by atoms with van der Waals surface area (Å²) < 4.78 is 0. The maximum atomic E-state index is 14.0. The van der Waals surface area contributed by atoms with Crippen LogP contribution in [0.2, 0.25) is 0 Å². The molecule has 0 aliphatic carbocycles. The summed E-state index contributed by atoms with van der Waals surface area (Å²) in [4.78, 5) is 80.7. The van der Waals surface area contributed by atoms with Crippen LogP contribution in [0, 0.1) is 5.92 Å². The molecule has 3 unspecified atom stereocenters. The number of hydrogen-bond donors (Lipinski definition) is 6. The van der Waals surface area contributed by atoms with Gasteiger partial charge in [-0.1, -0.05) is 31.5 Å². The highest BCUT2D eigenvalue weighted by molar-refractivity contribution is 6.06. The molecule has 42 heavy (non-hydrogen) atoms. The van der Waals surface area contributed by atoms with Gasteiger partial charge in [0.15, 0.2) is 0 Å². The summed E-state index contributed by atoms with van der Waals surface area (Å²) in [6.45, 7) is 3.52. The lowest BCUT2D eigenvalue weighted by Gasteiger charge is -2.30. The smallest absolute Gasteiger partial charge is 0.303 e. The molecule has 0 saturated carbocycles. The Hall–Kier alpha value is -4.89. The Bertz CT molecular complexity index is 1300. The SMILES string of the molecule is CCC(C)C(NC(=O)CCC(=O)O)C(=O)NC(CCC(=O)O)C(=O)N1c2ncccc2C[C@H]1C(=O)NCc1c[nH]nn1. The van der Waals surface area contributed by atoms with Gasteiger partial charge < -0.3 is 26.2 Å². The number of aromatic amines is 1. The number of carboxylic acid groups (broad SMARTS) is 2. The third-order valence-electron chi connectivity index (χ3n) is 6.91. The third-order valence-corrected chi connectivity index (χ3v) is 6.91. The number of aliphatic carboxylic acids is 2. The van der Waals surface area contributed by atoms with E-state index in [0.717, 1.165) is 4.90 Å². The maximum Gasteiger partial charge on any atom is 0.303 e. The average Bonchev–Trinajstić information content (AvgIpc) is 3.62. The first-order valence-electron chi connectivity index (χ1n) is 13.4. The van der Waals surface area contributed by atoms with Crippen LogP contribution in [0.15, 0.2) is 24.5 Å². The molecule has 4 amide bonds. The molecule has 0 bridgehead atoms. The minimum Gasteiger partial charge on any atom is -0.481 e. The molecule has 226 valence electrons. The van der Waals surface area contributed by atoms with E-state index in [2.05, 4.69) is 36.3 Å². The number of nitrogens with one attached hydrogen (secondary N) is 4. The zero-order chi connectivity index (χ0) is 30.8. The topological polar surface area (TPSA) is 237 Å². The van der Waals surface area contributed by atoms with E-state index < -0.39 is 72.5 Å². The lowest BCUT2D eigenvalue weighted by molar-refractivity contribution is -0.140. The summed E-state index contributed by atoms with van der Waals surface area (Å²) in [5, 5.41) is 35.9. The Morgan fingerprint density at radius 1 is 1.10 bits per heavy atom. The highest BCUT2D eigenvalue weighted by atomic mass is 16.4. The summed E-state index contributed by atoms with van der Waals surface area (Å²) in [5.74, 6) is -5.24. The van der Waals surface area contributed by atoms with Crippen molar-refractivity contribution in [3.8, 4) is 0 Å². The first-order valence-corrected chi connectivity index (χ1v) is 13.4. The molecule has 2 aromatic rings. The van der Waals surface area contributed by atoms with E-state index in [1.54, 1.807) is 26.0 Å². The van der Waals surface area contributed by atoms with E-state index in [0.29, 0.717) is 17.7 Å². The van der Waals surface area contributed by atoms with E-state index in [9.17, 15) is 33.9 Å². The molecule has 0 spiro atoms. The fraction of sp³-hybridized carbons (Fsp3) is 0.500. The molecule has 16 heteroatoms. The molecule has 2 aromatic heterocycles. The molecule has 16 nitrogen and oxygen atoms in total. The normalized spacial score (nSPS) is 16.0. The van der Waals surface area contributed by atoms with Gasteiger partial charge in [0.05, 0.1) is 13.0 Å². The highest BCUT2D eigenvalue weighted by Crippen LogP contribution is 2.31. The minimum atomic E-state index is -1.38. The van der Waals surface area contributed by atoms with Crippen molar-refractivity contribution in [3.05, 3.63) is 35.8 Å². The molecular formula is C26H34N8O8. The summed E-state index contributed by atoms with van der Waals surface area (Å²) >= 11 is 0. The standard InChI is InChI=1S/C26H34N8O8/c1-3-14(2)22(31-19(35)7-9-21(38)39)25(41)30-17(6-8-20(36)37)26(42)34-18(11-15-5-4-10-27-23(15)34)24(40)28-12-16-13-29-33-32-16/h4-5,10,13-14,17-18,22H,3,6-9,11-12H2,1-2H3,(H,28,40)(H,30,41)(H,31,35)(H,36,37)(H,38,39)(H,29,32,33)/t14?,17?,18-,22?/m0/s1. The number of aromatic nitrogens is 4. The summed E-state index contributed by atoms with van der Waals surface area (Å²) in [6, 6.07) is -0.175. The van der Waals surface area contributed by atoms with Gasteiger partial charge in [0.25, 0.3) is 5.91 Å². The van der Waals surface area contributed by atoms with E-state index in [1.807, 2.05) is 0 Å². The number of carbonyl (C=O) groups excluding carboxylic acids is 4. The second kappa shape index (κ2) is 14.7. The van der Waals surface area contributed by atoms with E-state index >= 15 is 0 Å². The fourth-order valence-corrected chi connectivity index (χ4v) is 4.45. The van der Waals surface area contributed by atoms with E-state index in [-0.39, 0.29) is 31.6 Å². The van der Waals surface area contributed by atoms with Crippen LogP contribution in [0.25, 0.3) is 0 Å². The van der Waals surface area contributed by atoms with Gasteiger partial charge in [0.1, 0.15) is 29.6 Å². The molecular weight excluding hydrogens is 552 g/mol. The predicted octanol–water partition coefficient (Wildman–Crippen LogP) is -0.481. The highest BCUT2D eigenvalue weighted by Gasteiger charge is 2.42. The van der Waals surface area contributed by atoms with E-state index in [1.165, 1.54) is 12.4 Å². The Kier molecular flexibility index (Phi) is 11.0. The van der Waals surface area contributed by atoms with Gasteiger partial charge >= 0.3 is 11.9 Å². The number of rotatable bonds is 15. The number of carboxylic acids is 2. The van der Waals surface area contributed by atoms with Crippen molar-refractivity contribution in [2.45, 2.75) is 77.0 Å². The molecule has 1 aliphatic heterocycles. The Morgan fingerprint density at radius 2 is 1.83 bits per heavy atom. The lowest BCUT2D eigenvalue weighted by Crippen LogP contribution is -2.58. The third kappa shape index (κ3) is 8.31. The largest absolute Gasteiger partial charge is 0.481 e. The maximum absolute atomic E-state index is 14.0. The van der Waals surface area contributed by atoms with Gasteiger partial charge in [-0.25, -0.2) is 4.98 Å². The number of anilines is 1. The molecule has 6 N–H and O–H groups in total. The Morgan fingerprint density at radius 3 is 2.48 bits per heavy atom. The van der Waals surface area contributed by atoms with Crippen molar-refractivity contribution in [1.29, 1.82) is 0 Å². The number of amides is 4. The van der Waals surface area contributed by atoms with E-state index in [4.69, 9.17) is 5.11 Å². The minimum absolute atomic E-state index is 0.0367. The molecule has 3 rings (SSSR count). The zero-order valence-electron chi connectivity index (χ0n) is 23.2. The van der Waals surface area contributed by atoms with Crippen LogP contribution in [0.5, 0.6) is 0 Å². The van der Waals surface area contributed by atoms with Gasteiger partial charge in [-0.05, 0) is 24.0 Å². The average molecular weight is 587 g/mol. The molecule has 3 heterocycles. The first-order chi connectivity index (χ1) is 20.0. The quantitative estimate of drug-likeness (QED) is 0.156. The van der Waals surface area contributed by atoms with Gasteiger partial charge in [-0.15, -0.1) is 5.10 Å².